The number of carbonyl (C=O) groups excluding carboxylic acids is 1. The lowest BCUT2D eigenvalue weighted by Crippen LogP contribution is -2.58. The Morgan fingerprint density at radius 3 is 2.93 bits per heavy atom. The summed E-state index contributed by atoms with van der Waals surface area (Å²) in [7, 11) is 1.52. The molecule has 0 aromatic heterocycles. The average molecular weight is 379 g/mol. The Balaban J connectivity index is 1.59. The summed E-state index contributed by atoms with van der Waals surface area (Å²) in [4.78, 5) is 14.4. The summed E-state index contributed by atoms with van der Waals surface area (Å²) in [5.41, 5.74) is -1.02. The molecule has 2 aliphatic rings. The van der Waals surface area contributed by atoms with Crippen LogP contribution in [0.1, 0.15) is 31.2 Å². The summed E-state index contributed by atoms with van der Waals surface area (Å²) in [6.07, 6.45) is 3.35. The van der Waals surface area contributed by atoms with E-state index in [1.807, 2.05) is 0 Å². The van der Waals surface area contributed by atoms with Crippen molar-refractivity contribution in [1.82, 2.24) is 15.5 Å². The number of benzene rings is 1. The van der Waals surface area contributed by atoms with Gasteiger partial charge in [0.25, 0.3) is 5.91 Å². The van der Waals surface area contributed by atoms with Crippen molar-refractivity contribution in [3.63, 3.8) is 0 Å². The molecule has 1 aromatic rings. The summed E-state index contributed by atoms with van der Waals surface area (Å²) < 4.78 is 19.3. The van der Waals surface area contributed by atoms with Gasteiger partial charge < -0.3 is 25.4 Å². The Bertz CT molecular complexity index is 651. The molecule has 0 spiro atoms. The van der Waals surface area contributed by atoms with Crippen LogP contribution in [0.15, 0.2) is 18.2 Å². The molecule has 1 atom stereocenters. The van der Waals surface area contributed by atoms with Gasteiger partial charge in [-0.1, -0.05) is 0 Å². The summed E-state index contributed by atoms with van der Waals surface area (Å²) >= 11 is 0. The summed E-state index contributed by atoms with van der Waals surface area (Å²) in [5, 5.41) is 17.5. The predicted molar refractivity (Wildman–Crippen MR) is 101 cm³/mol. The SMILES string of the molecule is COc1ccc(F)c(CN2CCCC(O)(CNCC3CCNCC3)C2=O)c1. The molecule has 1 amide bonds. The van der Waals surface area contributed by atoms with Crippen molar-refractivity contribution in [3.05, 3.63) is 29.6 Å². The van der Waals surface area contributed by atoms with Crippen LogP contribution in [0.3, 0.4) is 0 Å². The second-order valence-corrected chi connectivity index (χ2v) is 7.64. The largest absolute Gasteiger partial charge is 0.497 e. The molecule has 7 heteroatoms. The summed E-state index contributed by atoms with van der Waals surface area (Å²) in [6.45, 7) is 3.75. The van der Waals surface area contributed by atoms with Crippen molar-refractivity contribution in [1.29, 1.82) is 0 Å². The van der Waals surface area contributed by atoms with Gasteiger partial charge in [0, 0.05) is 25.2 Å². The van der Waals surface area contributed by atoms with Crippen LogP contribution in [0.4, 0.5) is 4.39 Å². The van der Waals surface area contributed by atoms with Gasteiger partial charge in [0.2, 0.25) is 0 Å². The lowest BCUT2D eigenvalue weighted by atomic mass is 9.90. The van der Waals surface area contributed by atoms with Crippen LogP contribution in [0, 0.1) is 11.7 Å². The summed E-state index contributed by atoms with van der Waals surface area (Å²) in [5.74, 6) is 0.431. The third kappa shape index (κ3) is 4.97. The Morgan fingerprint density at radius 1 is 1.41 bits per heavy atom. The third-order valence-corrected chi connectivity index (χ3v) is 5.63. The van der Waals surface area contributed by atoms with E-state index in [4.69, 9.17) is 4.74 Å². The fourth-order valence-corrected chi connectivity index (χ4v) is 3.95. The number of methoxy groups -OCH3 is 1. The number of likely N-dealkylation sites (tertiary alicyclic amines) is 1. The smallest absolute Gasteiger partial charge is 0.256 e. The van der Waals surface area contributed by atoms with Gasteiger partial charge in [0.1, 0.15) is 11.6 Å². The number of hydrogen-bond donors (Lipinski definition) is 3. The highest BCUT2D eigenvalue weighted by atomic mass is 19.1. The minimum Gasteiger partial charge on any atom is -0.497 e. The van der Waals surface area contributed by atoms with E-state index in [1.165, 1.54) is 13.2 Å². The molecule has 2 fully saturated rings. The number of halogens is 1. The van der Waals surface area contributed by atoms with Gasteiger partial charge in [0.15, 0.2) is 5.60 Å². The van der Waals surface area contributed by atoms with Crippen LogP contribution in [-0.2, 0) is 11.3 Å². The van der Waals surface area contributed by atoms with Crippen LogP contribution in [0.2, 0.25) is 0 Å². The minimum atomic E-state index is -1.42. The number of amides is 1. The predicted octanol–water partition coefficient (Wildman–Crippen LogP) is 1.28. The first-order valence-electron chi connectivity index (χ1n) is 9.77. The average Bonchev–Trinajstić information content (AvgIpc) is 2.68. The molecule has 3 N–H and O–H groups in total. The molecule has 2 saturated heterocycles. The number of carbonyl (C=O) groups is 1. The number of hydrogen-bond acceptors (Lipinski definition) is 5. The molecule has 0 bridgehead atoms. The number of nitrogens with one attached hydrogen (secondary N) is 2. The van der Waals surface area contributed by atoms with Gasteiger partial charge in [-0.2, -0.15) is 0 Å². The zero-order valence-electron chi connectivity index (χ0n) is 16.0. The molecular weight excluding hydrogens is 349 g/mol. The number of nitrogens with zero attached hydrogens (tertiary/aromatic N) is 1. The molecule has 150 valence electrons. The van der Waals surface area contributed by atoms with E-state index in [1.54, 1.807) is 17.0 Å². The first-order chi connectivity index (χ1) is 13.0. The minimum absolute atomic E-state index is 0.137. The Hall–Kier alpha value is -1.70. The lowest BCUT2D eigenvalue weighted by molar-refractivity contribution is -0.157. The normalized spacial score (nSPS) is 24.3. The first kappa shape index (κ1) is 20.0. The van der Waals surface area contributed by atoms with E-state index in [-0.39, 0.29) is 24.8 Å². The molecule has 2 aliphatic heterocycles. The maximum atomic E-state index is 14.1. The van der Waals surface area contributed by atoms with Crippen LogP contribution in [0.25, 0.3) is 0 Å². The van der Waals surface area contributed by atoms with E-state index in [0.717, 1.165) is 32.5 Å². The fourth-order valence-electron chi connectivity index (χ4n) is 3.95. The molecule has 0 aliphatic carbocycles. The van der Waals surface area contributed by atoms with Crippen LogP contribution in [0.5, 0.6) is 5.75 Å². The molecule has 6 nitrogen and oxygen atoms in total. The van der Waals surface area contributed by atoms with E-state index in [0.29, 0.717) is 36.6 Å². The van der Waals surface area contributed by atoms with Crippen LogP contribution < -0.4 is 15.4 Å². The molecule has 1 aromatic carbocycles. The molecule has 3 rings (SSSR count). The number of aliphatic hydroxyl groups is 1. The Morgan fingerprint density at radius 2 is 2.19 bits per heavy atom. The number of piperidine rings is 2. The molecular formula is C20H30FN3O3. The quantitative estimate of drug-likeness (QED) is 0.666. The van der Waals surface area contributed by atoms with Gasteiger partial charge in [-0.15, -0.1) is 0 Å². The van der Waals surface area contributed by atoms with Gasteiger partial charge in [-0.25, -0.2) is 4.39 Å². The molecule has 0 saturated carbocycles. The van der Waals surface area contributed by atoms with Crippen molar-refractivity contribution in [3.8, 4) is 5.75 Å². The number of ether oxygens (including phenoxy) is 1. The molecule has 1 unspecified atom stereocenters. The standard InChI is InChI=1S/C20H30FN3O3/c1-27-17-3-4-18(21)16(11-17)13-24-10-2-7-20(26,19(24)25)14-23-12-15-5-8-22-9-6-15/h3-4,11,15,22-23,26H,2,5-10,12-14H2,1H3. The van der Waals surface area contributed by atoms with Gasteiger partial charge >= 0.3 is 0 Å². The second kappa shape index (κ2) is 8.99. The van der Waals surface area contributed by atoms with Crippen molar-refractivity contribution < 1.29 is 19.0 Å². The molecule has 27 heavy (non-hydrogen) atoms. The van der Waals surface area contributed by atoms with Crippen LogP contribution in [-0.4, -0.2) is 61.3 Å². The lowest BCUT2D eigenvalue weighted by Gasteiger charge is -2.38. The highest BCUT2D eigenvalue weighted by Crippen LogP contribution is 2.26. The second-order valence-electron chi connectivity index (χ2n) is 7.64. The van der Waals surface area contributed by atoms with E-state index < -0.39 is 5.60 Å². The maximum Gasteiger partial charge on any atom is 0.256 e. The fraction of sp³-hybridized carbons (Fsp3) is 0.650. The van der Waals surface area contributed by atoms with Gasteiger partial charge in [-0.05, 0) is 69.4 Å². The monoisotopic (exact) mass is 379 g/mol. The first-order valence-corrected chi connectivity index (χ1v) is 9.77. The summed E-state index contributed by atoms with van der Waals surface area (Å²) in [6, 6.07) is 4.50. The van der Waals surface area contributed by atoms with Crippen molar-refractivity contribution in [2.24, 2.45) is 5.92 Å². The third-order valence-electron chi connectivity index (χ3n) is 5.63. The maximum absolute atomic E-state index is 14.1. The number of rotatable bonds is 7. The Kier molecular flexibility index (Phi) is 6.68. The molecule has 2 heterocycles. The van der Waals surface area contributed by atoms with Crippen LogP contribution >= 0.6 is 0 Å². The Labute approximate surface area is 160 Å². The topological polar surface area (TPSA) is 73.8 Å². The molecule has 0 radical (unpaired) electrons. The van der Waals surface area contributed by atoms with Crippen molar-refractivity contribution in [2.45, 2.75) is 37.8 Å². The zero-order valence-corrected chi connectivity index (χ0v) is 16.0. The van der Waals surface area contributed by atoms with Crippen molar-refractivity contribution in [2.75, 3.05) is 39.8 Å². The van der Waals surface area contributed by atoms with Gasteiger partial charge in [-0.3, -0.25) is 4.79 Å². The highest BCUT2D eigenvalue weighted by molar-refractivity contribution is 5.86. The van der Waals surface area contributed by atoms with E-state index in [2.05, 4.69) is 10.6 Å². The van der Waals surface area contributed by atoms with Crippen molar-refractivity contribution >= 4 is 5.91 Å². The zero-order chi connectivity index (χ0) is 19.3. The van der Waals surface area contributed by atoms with E-state index in [9.17, 15) is 14.3 Å². The highest BCUT2D eigenvalue weighted by Gasteiger charge is 2.42. The van der Waals surface area contributed by atoms with E-state index >= 15 is 0 Å². The van der Waals surface area contributed by atoms with Gasteiger partial charge in [0.05, 0.1) is 7.11 Å².